The van der Waals surface area contributed by atoms with Gasteiger partial charge in [-0.3, -0.25) is 0 Å². The van der Waals surface area contributed by atoms with Gasteiger partial charge in [0.1, 0.15) is 5.25 Å². The molecule has 0 nitrogen and oxygen atoms in total. The highest BCUT2D eigenvalue weighted by Gasteiger charge is 2.29. The van der Waals surface area contributed by atoms with Crippen LogP contribution in [0, 0.1) is 0 Å². The monoisotopic (exact) mass is 323 g/mol. The lowest BCUT2D eigenvalue weighted by atomic mass is 10.3. The molecule has 0 saturated carbocycles. The van der Waals surface area contributed by atoms with E-state index < -0.39 is 0 Å². The molecule has 1 unspecified atom stereocenters. The summed E-state index contributed by atoms with van der Waals surface area (Å²) in [6, 6.07) is 21.5. The van der Waals surface area contributed by atoms with Crippen molar-refractivity contribution in [1.82, 2.24) is 0 Å². The summed E-state index contributed by atoms with van der Waals surface area (Å²) in [5.41, 5.74) is 0. The summed E-state index contributed by atoms with van der Waals surface area (Å²) >= 11 is 0. The Kier molecular flexibility index (Phi) is 9.58. The molecule has 0 amide bonds. The van der Waals surface area contributed by atoms with Crippen LogP contribution in [0.15, 0.2) is 107 Å². The Balaban J connectivity index is 0.00000127. The number of benzene rings is 2. The van der Waals surface area contributed by atoms with E-state index in [1.54, 1.807) is 6.08 Å². The van der Waals surface area contributed by atoms with E-state index in [2.05, 4.69) is 86.3 Å². The zero-order valence-electron chi connectivity index (χ0n) is 14.4. The molecule has 0 bridgehead atoms. The Hall–Kier alpha value is -1.99. The summed E-state index contributed by atoms with van der Waals surface area (Å²) in [4.78, 5) is 2.77. The molecule has 1 heteroatoms. The van der Waals surface area contributed by atoms with Gasteiger partial charge in [0.05, 0.1) is 10.9 Å². The van der Waals surface area contributed by atoms with Gasteiger partial charge in [0.2, 0.25) is 0 Å². The minimum absolute atomic E-state index is 0.0521. The molecule has 0 radical (unpaired) electrons. The maximum absolute atomic E-state index is 3.69. The van der Waals surface area contributed by atoms with Crippen LogP contribution in [0.1, 0.15) is 20.8 Å². The van der Waals surface area contributed by atoms with E-state index >= 15 is 0 Å². The summed E-state index contributed by atoms with van der Waals surface area (Å²) < 4.78 is 0. The lowest BCUT2D eigenvalue weighted by Crippen LogP contribution is -2.16. The molecule has 1 atom stereocenters. The van der Waals surface area contributed by atoms with Crippen molar-refractivity contribution in [2.75, 3.05) is 0 Å². The van der Waals surface area contributed by atoms with Gasteiger partial charge in [0.15, 0.2) is 9.79 Å². The van der Waals surface area contributed by atoms with Gasteiger partial charge in [-0.1, -0.05) is 81.1 Å². The first-order valence-corrected chi connectivity index (χ1v) is 9.41. The Bertz CT molecular complexity index is 557. The fourth-order valence-corrected chi connectivity index (χ4v) is 4.42. The van der Waals surface area contributed by atoms with Crippen LogP contribution >= 0.6 is 0 Å². The molecule has 120 valence electrons. The molecular weight excluding hydrogens is 296 g/mol. The van der Waals surface area contributed by atoms with E-state index in [0.717, 1.165) is 0 Å². The zero-order valence-corrected chi connectivity index (χ0v) is 15.2. The van der Waals surface area contributed by atoms with E-state index in [0.29, 0.717) is 5.25 Å². The molecule has 0 aliphatic carbocycles. The van der Waals surface area contributed by atoms with Crippen molar-refractivity contribution in [2.45, 2.75) is 35.8 Å². The Morgan fingerprint density at radius 1 is 0.783 bits per heavy atom. The highest BCUT2D eigenvalue weighted by molar-refractivity contribution is 7.97. The van der Waals surface area contributed by atoms with Crippen LogP contribution in [0.3, 0.4) is 0 Å². The van der Waals surface area contributed by atoms with Gasteiger partial charge in [-0.15, -0.1) is 0 Å². The highest BCUT2D eigenvalue weighted by atomic mass is 32.2. The first-order valence-electron chi connectivity index (χ1n) is 8.12. The highest BCUT2D eigenvalue weighted by Crippen LogP contribution is 2.28. The second kappa shape index (κ2) is 11.6. The van der Waals surface area contributed by atoms with Gasteiger partial charge in [-0.2, -0.15) is 0 Å². The quantitative estimate of drug-likeness (QED) is 0.424. The SMILES string of the molecule is C=C/C=C\C=C/C(C)[S+](c1ccccc1)c1ccccc1.CC. The van der Waals surface area contributed by atoms with Crippen molar-refractivity contribution < 1.29 is 0 Å². The van der Waals surface area contributed by atoms with Crippen LogP contribution in [0.5, 0.6) is 0 Å². The van der Waals surface area contributed by atoms with E-state index in [1.165, 1.54) is 9.79 Å². The van der Waals surface area contributed by atoms with Crippen LogP contribution < -0.4 is 0 Å². The van der Waals surface area contributed by atoms with Crippen molar-refractivity contribution in [3.8, 4) is 0 Å². The second-order valence-electron chi connectivity index (χ2n) is 4.67. The number of rotatable bonds is 6. The Morgan fingerprint density at radius 2 is 1.26 bits per heavy atom. The average Bonchev–Trinajstić information content (AvgIpc) is 2.63. The van der Waals surface area contributed by atoms with Gasteiger partial charge in [0.25, 0.3) is 0 Å². The minimum atomic E-state index is 0.0521. The maximum Gasteiger partial charge on any atom is 0.161 e. The number of allylic oxidation sites excluding steroid dienone is 4. The second-order valence-corrected chi connectivity index (χ2v) is 7.04. The molecule has 0 aliphatic heterocycles. The zero-order chi connectivity index (χ0) is 16.9. The lowest BCUT2D eigenvalue weighted by Gasteiger charge is -2.12. The normalized spacial score (nSPS) is 12.2. The smallest absolute Gasteiger partial charge is 0.0991 e. The van der Waals surface area contributed by atoms with Crippen molar-refractivity contribution in [3.63, 3.8) is 0 Å². The van der Waals surface area contributed by atoms with Crippen LogP contribution in [0.2, 0.25) is 0 Å². The number of hydrogen-bond donors (Lipinski definition) is 0. The molecule has 2 rings (SSSR count). The van der Waals surface area contributed by atoms with Gasteiger partial charge >= 0.3 is 0 Å². The van der Waals surface area contributed by atoms with E-state index in [4.69, 9.17) is 0 Å². The van der Waals surface area contributed by atoms with Crippen molar-refractivity contribution in [3.05, 3.63) is 97.6 Å². The molecule has 0 N–H and O–H groups in total. The predicted octanol–water partition coefficient (Wildman–Crippen LogP) is 6.44. The predicted molar refractivity (Wildman–Crippen MR) is 106 cm³/mol. The standard InChI is InChI=1S/C20H21S.C2H6/c1-3-4-5-8-13-18(2)21(19-14-9-6-10-15-19)20-16-11-7-12-17-20;1-2/h3-18H,1H2,2H3;1-2H3/q+1;/b5-4-,13-8-;. The molecule has 2 aromatic carbocycles. The van der Waals surface area contributed by atoms with Gasteiger partial charge < -0.3 is 0 Å². The lowest BCUT2D eigenvalue weighted by molar-refractivity contribution is 1.19. The molecular formula is C22H27S+. The largest absolute Gasteiger partial charge is 0.161 e. The summed E-state index contributed by atoms with van der Waals surface area (Å²) in [5.74, 6) is 0. The van der Waals surface area contributed by atoms with Crippen LogP contribution in [0.4, 0.5) is 0 Å². The molecule has 0 fully saturated rings. The third-order valence-corrected chi connectivity index (χ3v) is 5.57. The van der Waals surface area contributed by atoms with Crippen LogP contribution in [0.25, 0.3) is 0 Å². The van der Waals surface area contributed by atoms with E-state index in [-0.39, 0.29) is 10.9 Å². The molecule has 0 saturated heterocycles. The van der Waals surface area contributed by atoms with E-state index in [9.17, 15) is 0 Å². The Morgan fingerprint density at radius 3 is 1.70 bits per heavy atom. The summed E-state index contributed by atoms with van der Waals surface area (Å²) in [5, 5.41) is 0.448. The fourth-order valence-electron chi connectivity index (χ4n) is 2.14. The summed E-state index contributed by atoms with van der Waals surface area (Å²) in [7, 11) is 0.0521. The molecule has 2 aromatic rings. The molecule has 0 aromatic heterocycles. The van der Waals surface area contributed by atoms with Crippen LogP contribution in [-0.2, 0) is 10.9 Å². The first kappa shape index (κ1) is 19.1. The third-order valence-electron chi connectivity index (χ3n) is 3.11. The van der Waals surface area contributed by atoms with Crippen molar-refractivity contribution in [1.29, 1.82) is 0 Å². The van der Waals surface area contributed by atoms with Gasteiger partial charge in [0, 0.05) is 0 Å². The fraction of sp³-hybridized carbons (Fsp3) is 0.182. The maximum atomic E-state index is 3.69. The summed E-state index contributed by atoms with van der Waals surface area (Å²) in [6.07, 6.45) is 10.2. The molecule has 0 spiro atoms. The van der Waals surface area contributed by atoms with E-state index in [1.807, 2.05) is 26.0 Å². The summed E-state index contributed by atoms with van der Waals surface area (Å²) in [6.45, 7) is 9.97. The average molecular weight is 324 g/mol. The first-order chi connectivity index (χ1) is 11.3. The van der Waals surface area contributed by atoms with Gasteiger partial charge in [-0.25, -0.2) is 0 Å². The minimum Gasteiger partial charge on any atom is -0.0991 e. The third kappa shape index (κ3) is 6.33. The Labute approximate surface area is 144 Å². The molecule has 23 heavy (non-hydrogen) atoms. The van der Waals surface area contributed by atoms with Crippen molar-refractivity contribution >= 4 is 10.9 Å². The van der Waals surface area contributed by atoms with Crippen molar-refractivity contribution in [2.24, 2.45) is 0 Å². The topological polar surface area (TPSA) is 0 Å². The molecule has 0 heterocycles. The van der Waals surface area contributed by atoms with Gasteiger partial charge in [-0.05, 0) is 37.3 Å². The molecule has 0 aliphatic rings. The number of hydrogen-bond acceptors (Lipinski definition) is 0. The van der Waals surface area contributed by atoms with Crippen LogP contribution in [-0.4, -0.2) is 5.25 Å².